The number of aliphatic hydroxyl groups excluding tert-OH is 1. The van der Waals surface area contributed by atoms with Gasteiger partial charge in [-0.3, -0.25) is 9.69 Å². The molecule has 2 atom stereocenters. The maximum Gasteiger partial charge on any atom is 0.359 e. The van der Waals surface area contributed by atoms with Gasteiger partial charge in [0.05, 0.1) is 16.0 Å². The van der Waals surface area contributed by atoms with Crippen LogP contribution in [0.1, 0.15) is 20.3 Å². The molecule has 1 amide bonds. The van der Waals surface area contributed by atoms with E-state index in [0.717, 1.165) is 9.99 Å². The van der Waals surface area contributed by atoms with Crippen LogP contribution in [0.4, 0.5) is 0 Å². The lowest BCUT2D eigenvalue weighted by Crippen LogP contribution is -2.48. The van der Waals surface area contributed by atoms with Crippen LogP contribution in [0.5, 0.6) is 0 Å². The molecule has 5 nitrogen and oxygen atoms in total. The van der Waals surface area contributed by atoms with Gasteiger partial charge in [0, 0.05) is 0 Å². The first-order chi connectivity index (χ1) is 8.04. The molecular weight excluding hydrogens is 262 g/mol. The highest BCUT2D eigenvalue weighted by molar-refractivity contribution is 8.22. The highest BCUT2D eigenvalue weighted by Gasteiger charge is 2.49. The molecule has 0 spiro atoms. The Morgan fingerprint density at radius 3 is 3.00 bits per heavy atom. The van der Waals surface area contributed by atoms with Crippen LogP contribution in [-0.2, 0) is 14.3 Å². The summed E-state index contributed by atoms with van der Waals surface area (Å²) in [5.41, 5.74) is 0.295. The van der Waals surface area contributed by atoms with Crippen molar-refractivity contribution >= 4 is 35.4 Å². The first-order valence-corrected chi connectivity index (χ1v) is 7.16. The molecule has 0 aliphatic carbocycles. The fourth-order valence-electron chi connectivity index (χ4n) is 1.65. The predicted octanol–water partition coefficient (Wildman–Crippen LogP) is 1.10. The smallest absolute Gasteiger partial charge is 0.359 e. The molecule has 0 aromatic carbocycles. The number of ether oxygens (including phenoxy) is 1. The molecule has 1 fully saturated rings. The van der Waals surface area contributed by atoms with Crippen molar-refractivity contribution in [2.75, 3.05) is 5.75 Å². The maximum absolute atomic E-state index is 11.8. The number of hydrogen-bond donors (Lipinski definition) is 1. The third kappa shape index (κ3) is 2.31. The molecule has 2 rings (SSSR count). The Balaban J connectivity index is 2.21. The van der Waals surface area contributed by atoms with Crippen molar-refractivity contribution in [2.45, 2.75) is 31.9 Å². The molecule has 1 unspecified atom stereocenters. The first-order valence-electron chi connectivity index (χ1n) is 5.29. The highest BCUT2D eigenvalue weighted by atomic mass is 32.2. The zero-order valence-electron chi connectivity index (χ0n) is 9.50. The van der Waals surface area contributed by atoms with Crippen molar-refractivity contribution in [3.63, 3.8) is 0 Å². The van der Waals surface area contributed by atoms with Gasteiger partial charge in [0.15, 0.2) is 12.0 Å². The second-order valence-corrected chi connectivity index (χ2v) is 6.33. The van der Waals surface area contributed by atoms with E-state index < -0.39 is 12.3 Å². The Morgan fingerprint density at radius 2 is 2.47 bits per heavy atom. The van der Waals surface area contributed by atoms with Gasteiger partial charge in [-0.1, -0.05) is 18.7 Å². The van der Waals surface area contributed by atoms with Crippen LogP contribution >= 0.6 is 23.5 Å². The van der Waals surface area contributed by atoms with Crippen LogP contribution in [-0.4, -0.2) is 39.3 Å². The van der Waals surface area contributed by atoms with Crippen molar-refractivity contribution in [3.05, 3.63) is 9.93 Å². The molecule has 0 bridgehead atoms. The van der Waals surface area contributed by atoms with Gasteiger partial charge in [0.2, 0.25) is 5.91 Å². The lowest BCUT2D eigenvalue weighted by molar-refractivity contribution is -0.164. The molecular formula is C10H13NO4S2. The minimum Gasteiger partial charge on any atom is -0.432 e. The van der Waals surface area contributed by atoms with Gasteiger partial charge in [-0.05, 0) is 12.7 Å². The first kappa shape index (κ1) is 12.8. The summed E-state index contributed by atoms with van der Waals surface area (Å²) in [6.07, 6.45) is -0.701. The Bertz CT molecular complexity index is 394. The van der Waals surface area contributed by atoms with Gasteiger partial charge in [-0.15, -0.1) is 11.8 Å². The molecule has 0 radical (unpaired) electrons. The Labute approximate surface area is 108 Å². The number of β-lactam (4-membered cyclic amide) rings is 1. The normalized spacial score (nSPS) is 24.5. The highest BCUT2D eigenvalue weighted by Crippen LogP contribution is 2.50. The fraction of sp³-hybridized carbons (Fsp3) is 0.600. The van der Waals surface area contributed by atoms with Crippen LogP contribution in [0, 0.1) is 0 Å². The molecule has 0 saturated carbocycles. The average molecular weight is 275 g/mol. The van der Waals surface area contributed by atoms with Gasteiger partial charge >= 0.3 is 5.97 Å². The quantitative estimate of drug-likeness (QED) is 0.471. The zero-order valence-corrected chi connectivity index (χ0v) is 11.1. The Hall–Kier alpha value is -0.660. The number of amides is 1. The van der Waals surface area contributed by atoms with E-state index in [2.05, 4.69) is 0 Å². The minimum absolute atomic E-state index is 0.0353. The van der Waals surface area contributed by atoms with E-state index in [1.54, 1.807) is 0 Å². The summed E-state index contributed by atoms with van der Waals surface area (Å²) in [6.45, 7) is 3.34. The summed E-state index contributed by atoms with van der Waals surface area (Å²) in [5, 5.41) is 9.09. The molecule has 2 aliphatic rings. The third-order valence-electron chi connectivity index (χ3n) is 2.33. The molecule has 1 saturated heterocycles. The summed E-state index contributed by atoms with van der Waals surface area (Å²) < 4.78 is 5.56. The van der Waals surface area contributed by atoms with E-state index >= 15 is 0 Å². The Morgan fingerprint density at radius 1 is 1.76 bits per heavy atom. The molecule has 94 valence electrons. The molecule has 0 aromatic rings. The van der Waals surface area contributed by atoms with E-state index in [9.17, 15) is 9.59 Å². The summed E-state index contributed by atoms with van der Waals surface area (Å²) in [6, 6.07) is 0. The lowest BCUT2D eigenvalue weighted by Gasteiger charge is -2.34. The number of aliphatic hydroxyl groups is 1. The SMILES string of the molecule is CCSC1=C(C(=O)O[C@H](C)O)N2C(=O)CC2S1. The lowest BCUT2D eigenvalue weighted by atomic mass is 10.2. The number of fused-ring (bicyclic) bond motifs is 1. The largest absolute Gasteiger partial charge is 0.432 e. The van der Waals surface area contributed by atoms with Gasteiger partial charge in [0.25, 0.3) is 0 Å². The van der Waals surface area contributed by atoms with Gasteiger partial charge < -0.3 is 9.84 Å². The molecule has 1 N–H and O–H groups in total. The van der Waals surface area contributed by atoms with E-state index in [0.29, 0.717) is 12.1 Å². The molecule has 2 heterocycles. The minimum atomic E-state index is -1.16. The van der Waals surface area contributed by atoms with Crippen molar-refractivity contribution < 1.29 is 19.4 Å². The summed E-state index contributed by atoms with van der Waals surface area (Å²) in [5.74, 6) is 0.133. The van der Waals surface area contributed by atoms with Crippen LogP contribution in [0.3, 0.4) is 0 Å². The van der Waals surface area contributed by atoms with Gasteiger partial charge in [-0.25, -0.2) is 4.79 Å². The Kier molecular flexibility index (Phi) is 3.70. The molecule has 2 aliphatic heterocycles. The standard InChI is InChI=1S/C10H13NO4S2/c1-3-16-10-8(9(14)15-5(2)12)11-6(13)4-7(11)17-10/h5,7,12H,3-4H2,1-2H3/t5-,7?/m1/s1. The monoisotopic (exact) mass is 275 g/mol. The van der Waals surface area contributed by atoms with E-state index in [1.165, 1.54) is 35.3 Å². The number of carbonyl (C=O) groups excluding carboxylic acids is 2. The van der Waals surface area contributed by atoms with Crippen molar-refractivity contribution in [1.82, 2.24) is 4.90 Å². The summed E-state index contributed by atoms with van der Waals surface area (Å²) in [4.78, 5) is 24.7. The number of carbonyl (C=O) groups is 2. The number of hydrogen-bond acceptors (Lipinski definition) is 6. The van der Waals surface area contributed by atoms with Crippen LogP contribution in [0.2, 0.25) is 0 Å². The van der Waals surface area contributed by atoms with Gasteiger partial charge in [0.1, 0.15) is 0 Å². The zero-order chi connectivity index (χ0) is 12.6. The number of rotatable bonds is 4. The molecule has 17 heavy (non-hydrogen) atoms. The summed E-state index contributed by atoms with van der Waals surface area (Å²) in [7, 11) is 0. The van der Waals surface area contributed by atoms with Gasteiger partial charge in [-0.2, -0.15) is 0 Å². The molecule has 0 aromatic heterocycles. The van der Waals surface area contributed by atoms with Crippen molar-refractivity contribution in [2.24, 2.45) is 0 Å². The average Bonchev–Trinajstić information content (AvgIpc) is 2.51. The van der Waals surface area contributed by atoms with E-state index in [4.69, 9.17) is 9.84 Å². The van der Waals surface area contributed by atoms with Crippen LogP contribution in [0.25, 0.3) is 0 Å². The number of nitrogens with zero attached hydrogens (tertiary/aromatic N) is 1. The summed E-state index contributed by atoms with van der Waals surface area (Å²) >= 11 is 3.04. The van der Waals surface area contributed by atoms with Crippen LogP contribution < -0.4 is 0 Å². The third-order valence-corrected chi connectivity index (χ3v) is 4.77. The number of thioether (sulfide) groups is 2. The van der Waals surface area contributed by atoms with Crippen LogP contribution in [0.15, 0.2) is 9.93 Å². The fourth-order valence-corrected chi connectivity index (χ4v) is 4.29. The maximum atomic E-state index is 11.8. The van der Waals surface area contributed by atoms with E-state index in [1.807, 2.05) is 6.92 Å². The van der Waals surface area contributed by atoms with Crippen molar-refractivity contribution in [3.8, 4) is 0 Å². The van der Waals surface area contributed by atoms with E-state index in [-0.39, 0.29) is 11.3 Å². The second-order valence-electron chi connectivity index (χ2n) is 3.61. The number of esters is 1. The second kappa shape index (κ2) is 4.91. The van der Waals surface area contributed by atoms with Crippen molar-refractivity contribution in [1.29, 1.82) is 0 Å². The topological polar surface area (TPSA) is 66.8 Å². The molecule has 7 heteroatoms. The predicted molar refractivity (Wildman–Crippen MR) is 65.8 cm³/mol.